The van der Waals surface area contributed by atoms with E-state index in [-0.39, 0.29) is 18.9 Å². The smallest absolute Gasteiger partial charge is 0.308 e. The summed E-state index contributed by atoms with van der Waals surface area (Å²) in [6.07, 6.45) is 0.0829. The number of hydrogen-bond acceptors (Lipinski definition) is 2. The van der Waals surface area contributed by atoms with Crippen LogP contribution < -0.4 is 0 Å². The van der Waals surface area contributed by atoms with E-state index in [4.69, 9.17) is 16.7 Å². The average molecular weight is 333 g/mol. The van der Waals surface area contributed by atoms with E-state index in [9.17, 15) is 9.59 Å². The van der Waals surface area contributed by atoms with E-state index >= 15 is 0 Å². The van der Waals surface area contributed by atoms with Crippen LogP contribution in [0.15, 0.2) is 22.7 Å². The molecule has 1 amide bonds. The van der Waals surface area contributed by atoms with Crippen LogP contribution in [0.25, 0.3) is 0 Å². The molecule has 0 bridgehead atoms. The lowest BCUT2D eigenvalue weighted by Gasteiger charge is -2.16. The van der Waals surface area contributed by atoms with E-state index in [1.165, 1.54) is 0 Å². The van der Waals surface area contributed by atoms with Crippen molar-refractivity contribution in [2.24, 2.45) is 5.92 Å². The van der Waals surface area contributed by atoms with Gasteiger partial charge in [0.25, 0.3) is 0 Å². The van der Waals surface area contributed by atoms with Gasteiger partial charge in [-0.25, -0.2) is 0 Å². The highest BCUT2D eigenvalue weighted by Gasteiger charge is 2.34. The minimum Gasteiger partial charge on any atom is -0.481 e. The van der Waals surface area contributed by atoms with Crippen LogP contribution in [0.3, 0.4) is 0 Å². The third kappa shape index (κ3) is 2.84. The maximum Gasteiger partial charge on any atom is 0.308 e. The number of halogens is 2. The Balaban J connectivity index is 2.08. The third-order valence-corrected chi connectivity index (χ3v) is 4.15. The van der Waals surface area contributed by atoms with Gasteiger partial charge in [0.05, 0.1) is 10.9 Å². The number of aliphatic carboxylic acids is 1. The molecule has 0 aromatic heterocycles. The van der Waals surface area contributed by atoms with Gasteiger partial charge in [0.1, 0.15) is 0 Å². The molecule has 0 saturated carbocycles. The van der Waals surface area contributed by atoms with Gasteiger partial charge in [-0.15, -0.1) is 0 Å². The molecule has 0 aliphatic carbocycles. The van der Waals surface area contributed by atoms with E-state index in [2.05, 4.69) is 15.9 Å². The lowest BCUT2D eigenvalue weighted by molar-refractivity contribution is -0.141. The standard InChI is InChI=1S/C12H11BrClNO3/c13-9-2-1-7(3-10(9)14)5-15-6-8(12(17)18)4-11(15)16/h1-3,8H,4-6H2,(H,17,18). The van der Waals surface area contributed by atoms with Gasteiger partial charge in [0, 0.05) is 24.0 Å². The molecule has 1 saturated heterocycles. The second-order valence-electron chi connectivity index (χ2n) is 4.26. The Labute approximate surface area is 118 Å². The molecule has 1 aliphatic heterocycles. The van der Waals surface area contributed by atoms with Crippen molar-refractivity contribution in [1.82, 2.24) is 4.90 Å². The van der Waals surface area contributed by atoms with Crippen LogP contribution in [0.1, 0.15) is 12.0 Å². The number of carbonyl (C=O) groups is 2. The van der Waals surface area contributed by atoms with Crippen molar-refractivity contribution in [2.45, 2.75) is 13.0 Å². The Morgan fingerprint density at radius 1 is 1.56 bits per heavy atom. The lowest BCUT2D eigenvalue weighted by Crippen LogP contribution is -2.25. The van der Waals surface area contributed by atoms with Crippen molar-refractivity contribution in [3.05, 3.63) is 33.3 Å². The molecule has 1 heterocycles. The molecule has 18 heavy (non-hydrogen) atoms. The first kappa shape index (κ1) is 13.4. The summed E-state index contributed by atoms with van der Waals surface area (Å²) >= 11 is 9.26. The Bertz CT molecular complexity index is 506. The minimum absolute atomic E-state index is 0.0829. The van der Waals surface area contributed by atoms with Gasteiger partial charge in [-0.3, -0.25) is 9.59 Å². The van der Waals surface area contributed by atoms with Crippen molar-refractivity contribution in [2.75, 3.05) is 6.54 Å². The largest absolute Gasteiger partial charge is 0.481 e. The van der Waals surface area contributed by atoms with Crippen LogP contribution in [0.5, 0.6) is 0 Å². The van der Waals surface area contributed by atoms with Crippen molar-refractivity contribution < 1.29 is 14.7 Å². The maximum absolute atomic E-state index is 11.7. The van der Waals surface area contributed by atoms with E-state index in [0.717, 1.165) is 10.0 Å². The molecule has 1 unspecified atom stereocenters. The molecule has 1 aromatic rings. The molecular formula is C12H11BrClNO3. The van der Waals surface area contributed by atoms with Gasteiger partial charge in [0.2, 0.25) is 5.91 Å². The predicted molar refractivity (Wildman–Crippen MR) is 70.3 cm³/mol. The first-order chi connectivity index (χ1) is 8.47. The van der Waals surface area contributed by atoms with Gasteiger partial charge in [0.15, 0.2) is 0 Å². The molecule has 0 spiro atoms. The van der Waals surface area contributed by atoms with Crippen molar-refractivity contribution in [3.8, 4) is 0 Å². The maximum atomic E-state index is 11.7. The second-order valence-corrected chi connectivity index (χ2v) is 5.52. The highest BCUT2D eigenvalue weighted by Crippen LogP contribution is 2.25. The first-order valence-electron chi connectivity index (χ1n) is 5.42. The van der Waals surface area contributed by atoms with Crippen LogP contribution in [-0.2, 0) is 16.1 Å². The number of likely N-dealkylation sites (tertiary alicyclic amines) is 1. The quantitative estimate of drug-likeness (QED) is 0.925. The van der Waals surface area contributed by atoms with Crippen molar-refractivity contribution in [3.63, 3.8) is 0 Å². The van der Waals surface area contributed by atoms with Crippen LogP contribution in [-0.4, -0.2) is 28.4 Å². The highest BCUT2D eigenvalue weighted by atomic mass is 79.9. The van der Waals surface area contributed by atoms with Crippen LogP contribution >= 0.6 is 27.5 Å². The number of carbonyl (C=O) groups excluding carboxylic acids is 1. The molecule has 6 heteroatoms. The molecule has 1 atom stereocenters. The van der Waals surface area contributed by atoms with Crippen LogP contribution in [0.2, 0.25) is 5.02 Å². The van der Waals surface area contributed by atoms with Gasteiger partial charge in [-0.2, -0.15) is 0 Å². The third-order valence-electron chi connectivity index (χ3n) is 2.92. The Morgan fingerprint density at radius 2 is 2.28 bits per heavy atom. The van der Waals surface area contributed by atoms with E-state index in [1.54, 1.807) is 11.0 Å². The molecule has 4 nitrogen and oxygen atoms in total. The number of carboxylic acid groups (broad SMARTS) is 1. The summed E-state index contributed by atoms with van der Waals surface area (Å²) in [5, 5.41) is 9.47. The fourth-order valence-corrected chi connectivity index (χ4v) is 2.40. The summed E-state index contributed by atoms with van der Waals surface area (Å²) < 4.78 is 0.795. The summed E-state index contributed by atoms with van der Waals surface area (Å²) in [7, 11) is 0. The fourth-order valence-electron chi connectivity index (χ4n) is 1.95. The number of rotatable bonds is 3. The Hall–Kier alpha value is -1.07. The van der Waals surface area contributed by atoms with Gasteiger partial charge >= 0.3 is 5.97 Å². The Morgan fingerprint density at radius 3 is 2.83 bits per heavy atom. The lowest BCUT2D eigenvalue weighted by atomic mass is 10.1. The average Bonchev–Trinajstić information content (AvgIpc) is 2.66. The molecule has 96 valence electrons. The van der Waals surface area contributed by atoms with Gasteiger partial charge in [-0.05, 0) is 33.6 Å². The highest BCUT2D eigenvalue weighted by molar-refractivity contribution is 9.10. The zero-order valence-electron chi connectivity index (χ0n) is 9.40. The Kier molecular flexibility index (Phi) is 3.92. The second kappa shape index (κ2) is 5.28. The monoisotopic (exact) mass is 331 g/mol. The summed E-state index contributed by atoms with van der Waals surface area (Å²) in [5.41, 5.74) is 0.891. The molecule has 1 fully saturated rings. The molecular weight excluding hydrogens is 321 g/mol. The molecule has 1 N–H and O–H groups in total. The fraction of sp³-hybridized carbons (Fsp3) is 0.333. The van der Waals surface area contributed by atoms with Crippen molar-refractivity contribution in [1.29, 1.82) is 0 Å². The number of carboxylic acids is 1. The van der Waals surface area contributed by atoms with Crippen LogP contribution in [0, 0.1) is 5.92 Å². The summed E-state index contributed by atoms with van der Waals surface area (Å²) in [6.45, 7) is 0.664. The van der Waals surface area contributed by atoms with E-state index in [1.807, 2.05) is 12.1 Å². The topological polar surface area (TPSA) is 57.6 Å². The van der Waals surface area contributed by atoms with Gasteiger partial charge < -0.3 is 10.0 Å². The van der Waals surface area contributed by atoms with E-state index in [0.29, 0.717) is 11.6 Å². The van der Waals surface area contributed by atoms with Crippen LogP contribution in [0.4, 0.5) is 0 Å². The number of nitrogens with zero attached hydrogens (tertiary/aromatic N) is 1. The molecule has 1 aromatic carbocycles. The molecule has 2 rings (SSSR count). The normalized spacial score (nSPS) is 19.3. The van der Waals surface area contributed by atoms with E-state index < -0.39 is 11.9 Å². The molecule has 0 radical (unpaired) electrons. The first-order valence-corrected chi connectivity index (χ1v) is 6.59. The summed E-state index contributed by atoms with van der Waals surface area (Å²) in [5.74, 6) is -1.63. The number of benzene rings is 1. The van der Waals surface area contributed by atoms with Crippen molar-refractivity contribution >= 4 is 39.4 Å². The SMILES string of the molecule is O=C(O)C1CC(=O)N(Cc2ccc(Br)c(Cl)c2)C1. The predicted octanol–water partition coefficient (Wildman–Crippen LogP) is 2.54. The van der Waals surface area contributed by atoms with Gasteiger partial charge in [-0.1, -0.05) is 17.7 Å². The zero-order chi connectivity index (χ0) is 13.3. The summed E-state index contributed by atoms with van der Waals surface area (Å²) in [6, 6.07) is 5.44. The summed E-state index contributed by atoms with van der Waals surface area (Å²) in [4.78, 5) is 24.1. The number of hydrogen-bond donors (Lipinski definition) is 1. The molecule has 1 aliphatic rings. The zero-order valence-corrected chi connectivity index (χ0v) is 11.7. The number of amides is 1. The minimum atomic E-state index is -0.917.